The molecule has 1 saturated heterocycles. The van der Waals surface area contributed by atoms with Crippen molar-refractivity contribution in [1.82, 2.24) is 25.7 Å². The first-order chi connectivity index (χ1) is 15.3. The fourth-order valence-electron chi connectivity index (χ4n) is 3.41. The Morgan fingerprint density at radius 1 is 1.19 bits per heavy atom. The minimum Gasteiger partial charge on any atom is -0.493 e. The molecule has 11 nitrogen and oxygen atoms in total. The van der Waals surface area contributed by atoms with Gasteiger partial charge in [0.1, 0.15) is 5.82 Å². The van der Waals surface area contributed by atoms with E-state index >= 15 is 0 Å². The zero-order valence-corrected chi connectivity index (χ0v) is 18.5. The largest absolute Gasteiger partial charge is 0.493 e. The van der Waals surface area contributed by atoms with Gasteiger partial charge in [0.2, 0.25) is 5.91 Å². The molecule has 3 rings (SSSR count). The van der Waals surface area contributed by atoms with Crippen LogP contribution in [0.25, 0.3) is 0 Å². The lowest BCUT2D eigenvalue weighted by Crippen LogP contribution is -2.52. The standard InChI is InChI=1S/C21H28N6O5/c1-12-10-18(28)25-21(23-12)27-17(9-13(2)26-27)24-20(30)19(29)22-8-7-14-5-6-15(31-3)16(11-14)32-4/h5-6,9,11-12,21,23H,7-8,10H2,1-4H3,(H,22,29)(H,24,30)(H,25,28). The molecule has 2 unspecified atom stereocenters. The number of aryl methyl sites for hydroxylation is 1. The van der Waals surface area contributed by atoms with E-state index in [4.69, 9.17) is 9.47 Å². The molecule has 1 aromatic heterocycles. The third-order valence-corrected chi connectivity index (χ3v) is 4.93. The van der Waals surface area contributed by atoms with Crippen LogP contribution in [0.4, 0.5) is 5.82 Å². The van der Waals surface area contributed by atoms with Gasteiger partial charge in [-0.3, -0.25) is 19.7 Å². The van der Waals surface area contributed by atoms with E-state index in [0.29, 0.717) is 35.9 Å². The molecule has 11 heteroatoms. The van der Waals surface area contributed by atoms with Gasteiger partial charge in [0, 0.05) is 25.1 Å². The second-order valence-corrected chi connectivity index (χ2v) is 7.51. The van der Waals surface area contributed by atoms with E-state index < -0.39 is 18.1 Å². The topological polar surface area (TPSA) is 136 Å². The first-order valence-corrected chi connectivity index (χ1v) is 10.2. The molecular formula is C21H28N6O5. The lowest BCUT2D eigenvalue weighted by Gasteiger charge is -2.30. The van der Waals surface area contributed by atoms with Gasteiger partial charge in [0.25, 0.3) is 0 Å². The van der Waals surface area contributed by atoms with Crippen LogP contribution >= 0.6 is 0 Å². The first kappa shape index (κ1) is 23.1. The Kier molecular flexibility index (Phi) is 7.31. The monoisotopic (exact) mass is 444 g/mol. The summed E-state index contributed by atoms with van der Waals surface area (Å²) in [6.45, 7) is 3.90. The number of carbonyl (C=O) groups is 3. The van der Waals surface area contributed by atoms with Crippen molar-refractivity contribution in [3.05, 3.63) is 35.5 Å². The molecule has 172 valence electrons. The number of nitrogens with zero attached hydrogens (tertiary/aromatic N) is 2. The van der Waals surface area contributed by atoms with Gasteiger partial charge in [0.05, 0.1) is 19.9 Å². The summed E-state index contributed by atoms with van der Waals surface area (Å²) in [6, 6.07) is 7.04. The third-order valence-electron chi connectivity index (χ3n) is 4.93. The summed E-state index contributed by atoms with van der Waals surface area (Å²) in [5, 5.41) is 15.4. The SMILES string of the molecule is COc1ccc(CCNC(=O)C(=O)Nc2cc(C)nn2C2NC(=O)CC(C)N2)cc1OC. The number of aromatic nitrogens is 2. The second-order valence-electron chi connectivity index (χ2n) is 7.51. The van der Waals surface area contributed by atoms with E-state index in [1.54, 1.807) is 33.3 Å². The molecule has 1 aliphatic heterocycles. The summed E-state index contributed by atoms with van der Waals surface area (Å²) in [7, 11) is 3.11. The number of benzene rings is 1. The van der Waals surface area contributed by atoms with E-state index in [-0.39, 0.29) is 18.5 Å². The summed E-state index contributed by atoms with van der Waals surface area (Å²) in [6.07, 6.45) is 0.233. The van der Waals surface area contributed by atoms with Crippen LogP contribution in [0.3, 0.4) is 0 Å². The molecule has 0 bridgehead atoms. The highest BCUT2D eigenvalue weighted by Gasteiger charge is 2.27. The van der Waals surface area contributed by atoms with Gasteiger partial charge >= 0.3 is 11.8 Å². The maximum atomic E-state index is 12.4. The van der Waals surface area contributed by atoms with Crippen LogP contribution in [0.2, 0.25) is 0 Å². The van der Waals surface area contributed by atoms with Crippen LogP contribution in [0.15, 0.2) is 24.3 Å². The number of carbonyl (C=O) groups excluding carboxylic acids is 3. The van der Waals surface area contributed by atoms with Gasteiger partial charge in [-0.1, -0.05) is 6.07 Å². The van der Waals surface area contributed by atoms with Crippen molar-refractivity contribution in [2.24, 2.45) is 0 Å². The van der Waals surface area contributed by atoms with Gasteiger partial charge in [-0.25, -0.2) is 4.68 Å². The minimum atomic E-state index is -0.825. The fraction of sp³-hybridized carbons (Fsp3) is 0.429. The van der Waals surface area contributed by atoms with Crippen molar-refractivity contribution in [3.63, 3.8) is 0 Å². The van der Waals surface area contributed by atoms with Gasteiger partial charge in [-0.2, -0.15) is 5.10 Å². The maximum Gasteiger partial charge on any atom is 0.314 e. The molecule has 0 radical (unpaired) electrons. The summed E-state index contributed by atoms with van der Waals surface area (Å²) in [5.41, 5.74) is 1.55. The average Bonchev–Trinajstić information content (AvgIpc) is 3.12. The molecular weight excluding hydrogens is 416 g/mol. The maximum absolute atomic E-state index is 12.4. The molecule has 1 aliphatic rings. The Morgan fingerprint density at radius 3 is 2.62 bits per heavy atom. The second kappa shape index (κ2) is 10.1. The van der Waals surface area contributed by atoms with E-state index in [0.717, 1.165) is 5.56 Å². The molecule has 0 spiro atoms. The summed E-state index contributed by atoms with van der Waals surface area (Å²) in [4.78, 5) is 36.5. The number of ether oxygens (including phenoxy) is 2. The Bertz CT molecular complexity index is 1000. The number of nitrogens with one attached hydrogen (secondary N) is 4. The van der Waals surface area contributed by atoms with Crippen molar-refractivity contribution < 1.29 is 23.9 Å². The number of methoxy groups -OCH3 is 2. The van der Waals surface area contributed by atoms with E-state index in [2.05, 4.69) is 26.4 Å². The Morgan fingerprint density at radius 2 is 1.94 bits per heavy atom. The van der Waals surface area contributed by atoms with Gasteiger partial charge in [0.15, 0.2) is 17.8 Å². The fourth-order valence-corrected chi connectivity index (χ4v) is 3.41. The van der Waals surface area contributed by atoms with Crippen LogP contribution in [-0.2, 0) is 20.8 Å². The highest BCUT2D eigenvalue weighted by molar-refractivity contribution is 6.39. The van der Waals surface area contributed by atoms with Crippen LogP contribution in [-0.4, -0.2) is 54.3 Å². The molecule has 3 amide bonds. The van der Waals surface area contributed by atoms with E-state index in [9.17, 15) is 14.4 Å². The Hall–Kier alpha value is -3.60. The van der Waals surface area contributed by atoms with Crippen molar-refractivity contribution in [2.75, 3.05) is 26.1 Å². The van der Waals surface area contributed by atoms with Crippen LogP contribution in [0.5, 0.6) is 11.5 Å². The average molecular weight is 444 g/mol. The number of amides is 3. The highest BCUT2D eigenvalue weighted by atomic mass is 16.5. The van der Waals surface area contributed by atoms with Crippen LogP contribution < -0.4 is 30.7 Å². The van der Waals surface area contributed by atoms with E-state index in [1.807, 2.05) is 19.1 Å². The van der Waals surface area contributed by atoms with Crippen LogP contribution in [0, 0.1) is 6.92 Å². The molecule has 1 aromatic carbocycles. The number of hydrogen-bond acceptors (Lipinski definition) is 7. The van der Waals surface area contributed by atoms with E-state index in [1.165, 1.54) is 4.68 Å². The molecule has 2 aromatic rings. The lowest BCUT2D eigenvalue weighted by molar-refractivity contribution is -0.136. The van der Waals surface area contributed by atoms with Gasteiger partial charge < -0.3 is 25.4 Å². The predicted octanol–water partition coefficient (Wildman–Crippen LogP) is 0.460. The molecule has 0 saturated carbocycles. The number of rotatable bonds is 7. The van der Waals surface area contributed by atoms with Crippen molar-refractivity contribution >= 4 is 23.5 Å². The quantitative estimate of drug-likeness (QED) is 0.456. The normalized spacial score (nSPS) is 17.9. The van der Waals surface area contributed by atoms with Crippen molar-refractivity contribution in [1.29, 1.82) is 0 Å². The van der Waals surface area contributed by atoms with Crippen molar-refractivity contribution in [2.45, 2.75) is 39.0 Å². The molecule has 4 N–H and O–H groups in total. The van der Waals surface area contributed by atoms with Gasteiger partial charge in [-0.15, -0.1) is 0 Å². The molecule has 0 aliphatic carbocycles. The third kappa shape index (κ3) is 5.55. The van der Waals surface area contributed by atoms with Crippen molar-refractivity contribution in [3.8, 4) is 11.5 Å². The summed E-state index contributed by atoms with van der Waals surface area (Å²) >= 11 is 0. The molecule has 2 heterocycles. The summed E-state index contributed by atoms with van der Waals surface area (Å²) in [5.74, 6) is -0.215. The first-order valence-electron chi connectivity index (χ1n) is 10.2. The van der Waals surface area contributed by atoms with Gasteiger partial charge in [-0.05, 0) is 38.0 Å². The number of hydrogen-bond donors (Lipinski definition) is 4. The zero-order valence-electron chi connectivity index (χ0n) is 18.5. The lowest BCUT2D eigenvalue weighted by atomic mass is 10.1. The smallest absolute Gasteiger partial charge is 0.314 e. The minimum absolute atomic E-state index is 0.0540. The predicted molar refractivity (Wildman–Crippen MR) is 116 cm³/mol. The molecule has 1 fully saturated rings. The van der Waals surface area contributed by atoms with Crippen LogP contribution in [0.1, 0.15) is 30.9 Å². The number of anilines is 1. The zero-order chi connectivity index (χ0) is 23.3. The summed E-state index contributed by atoms with van der Waals surface area (Å²) < 4.78 is 11.9. The Balaban J connectivity index is 1.57. The highest BCUT2D eigenvalue weighted by Crippen LogP contribution is 2.27. The molecule has 2 atom stereocenters. The molecule has 32 heavy (non-hydrogen) atoms. The Labute approximate surface area is 185 Å².